The molecule has 0 radical (unpaired) electrons. The number of nitrogens with one attached hydrogen (secondary N) is 1. The Morgan fingerprint density at radius 2 is 1.97 bits per heavy atom. The fraction of sp³-hybridized carbons (Fsp3) is 0.136. The van der Waals surface area contributed by atoms with Crippen LogP contribution in [-0.4, -0.2) is 33.4 Å². The zero-order valence-electron chi connectivity index (χ0n) is 16.6. The first-order valence-corrected chi connectivity index (χ1v) is 11.9. The third kappa shape index (κ3) is 4.21. The highest BCUT2D eigenvalue weighted by atomic mass is 32.2. The first-order valence-electron chi connectivity index (χ1n) is 9.55. The third-order valence-electron chi connectivity index (χ3n) is 4.88. The van der Waals surface area contributed by atoms with E-state index in [9.17, 15) is 18.0 Å². The number of nitrogens with zero attached hydrogens (tertiary/aromatic N) is 2. The molecule has 1 aliphatic rings. The molecule has 4 rings (SSSR count). The lowest BCUT2D eigenvalue weighted by Crippen LogP contribution is -2.29. The summed E-state index contributed by atoms with van der Waals surface area (Å²) in [5, 5.41) is 13.5. The fourth-order valence-electron chi connectivity index (χ4n) is 3.34. The first-order chi connectivity index (χ1) is 15.4. The van der Waals surface area contributed by atoms with Gasteiger partial charge < -0.3 is 10.1 Å². The first kappa shape index (κ1) is 21.5. The van der Waals surface area contributed by atoms with Gasteiger partial charge in [-0.1, -0.05) is 24.3 Å². The van der Waals surface area contributed by atoms with E-state index in [-0.39, 0.29) is 10.5 Å². The number of ether oxygens (including phenoxy) is 1. The monoisotopic (exact) mass is 467 g/mol. The zero-order valence-corrected chi connectivity index (χ0v) is 18.3. The summed E-state index contributed by atoms with van der Waals surface area (Å²) in [6, 6.07) is 16.3. The van der Waals surface area contributed by atoms with E-state index in [1.54, 1.807) is 23.6 Å². The van der Waals surface area contributed by atoms with Gasteiger partial charge in [-0.25, -0.2) is 13.2 Å². The summed E-state index contributed by atoms with van der Waals surface area (Å²) in [5.41, 5.74) is 1.90. The number of carbonyl (C=O) groups excluding carboxylic acids is 2. The minimum atomic E-state index is -3.86. The Kier molecular flexibility index (Phi) is 5.94. The highest BCUT2D eigenvalue weighted by molar-refractivity contribution is 7.92. The van der Waals surface area contributed by atoms with E-state index in [1.807, 2.05) is 18.2 Å². The van der Waals surface area contributed by atoms with Crippen molar-refractivity contribution < 1.29 is 22.7 Å². The van der Waals surface area contributed by atoms with Crippen molar-refractivity contribution >= 4 is 43.9 Å². The van der Waals surface area contributed by atoms with Gasteiger partial charge in [0.15, 0.2) is 6.61 Å². The third-order valence-corrected chi connectivity index (χ3v) is 7.51. The van der Waals surface area contributed by atoms with Crippen LogP contribution in [0, 0.1) is 11.3 Å². The van der Waals surface area contributed by atoms with Crippen LogP contribution in [0.15, 0.2) is 64.9 Å². The Morgan fingerprint density at radius 3 is 2.78 bits per heavy atom. The SMILES string of the molecule is N#Cc1ccsc1NC(=O)COC(=O)c1cccc(S(=O)(=O)N2CCc3ccccc32)c1. The predicted octanol–water partition coefficient (Wildman–Crippen LogP) is 3.17. The largest absolute Gasteiger partial charge is 0.452 e. The Bertz CT molecular complexity index is 1340. The quantitative estimate of drug-likeness (QED) is 0.557. The molecule has 0 spiro atoms. The van der Waals surface area contributed by atoms with Crippen molar-refractivity contribution in [3.63, 3.8) is 0 Å². The van der Waals surface area contributed by atoms with Crippen molar-refractivity contribution in [1.82, 2.24) is 0 Å². The lowest BCUT2D eigenvalue weighted by atomic mass is 10.2. The molecule has 32 heavy (non-hydrogen) atoms. The molecule has 10 heteroatoms. The number of hydrogen-bond donors (Lipinski definition) is 1. The van der Waals surface area contributed by atoms with Gasteiger partial charge in [0.2, 0.25) is 0 Å². The Labute approximate surface area is 188 Å². The molecule has 162 valence electrons. The number of para-hydroxylation sites is 1. The molecule has 0 saturated heterocycles. The summed E-state index contributed by atoms with van der Waals surface area (Å²) in [5.74, 6) is -1.43. The molecule has 0 saturated carbocycles. The second kappa shape index (κ2) is 8.82. The molecule has 0 atom stereocenters. The number of fused-ring (bicyclic) bond motifs is 1. The van der Waals surface area contributed by atoms with Crippen molar-refractivity contribution in [3.8, 4) is 6.07 Å². The molecule has 0 unspecified atom stereocenters. The molecular weight excluding hydrogens is 450 g/mol. The second-order valence-corrected chi connectivity index (χ2v) is 9.66. The number of rotatable bonds is 6. The van der Waals surface area contributed by atoms with Gasteiger partial charge >= 0.3 is 5.97 Å². The number of esters is 1. The van der Waals surface area contributed by atoms with E-state index < -0.39 is 28.5 Å². The maximum absolute atomic E-state index is 13.2. The molecular formula is C22H17N3O5S2. The highest BCUT2D eigenvalue weighted by Crippen LogP contribution is 2.32. The Morgan fingerprint density at radius 1 is 1.16 bits per heavy atom. The van der Waals surface area contributed by atoms with Crippen molar-refractivity contribution in [2.24, 2.45) is 0 Å². The number of amides is 1. The van der Waals surface area contributed by atoms with E-state index >= 15 is 0 Å². The Hall–Kier alpha value is -3.68. The number of hydrogen-bond acceptors (Lipinski definition) is 7. The molecule has 2 heterocycles. The van der Waals surface area contributed by atoms with Crippen LogP contribution < -0.4 is 9.62 Å². The second-order valence-electron chi connectivity index (χ2n) is 6.88. The van der Waals surface area contributed by atoms with Crippen LogP contribution >= 0.6 is 11.3 Å². The lowest BCUT2D eigenvalue weighted by Gasteiger charge is -2.19. The predicted molar refractivity (Wildman–Crippen MR) is 119 cm³/mol. The van der Waals surface area contributed by atoms with Gasteiger partial charge in [0.1, 0.15) is 11.1 Å². The number of sulfonamides is 1. The molecule has 1 aromatic heterocycles. The van der Waals surface area contributed by atoms with Gasteiger partial charge in [0, 0.05) is 6.54 Å². The summed E-state index contributed by atoms with van der Waals surface area (Å²) >= 11 is 1.18. The molecule has 0 bridgehead atoms. The van der Waals surface area contributed by atoms with Gasteiger partial charge in [0.05, 0.1) is 21.7 Å². The molecule has 0 aliphatic carbocycles. The summed E-state index contributed by atoms with van der Waals surface area (Å²) in [6.07, 6.45) is 0.615. The van der Waals surface area contributed by atoms with E-state index in [0.29, 0.717) is 29.2 Å². The molecule has 1 N–H and O–H groups in total. The number of benzene rings is 2. The minimum absolute atomic E-state index is 0.0141. The van der Waals surface area contributed by atoms with Gasteiger partial charge in [-0.05, 0) is 47.7 Å². The average molecular weight is 468 g/mol. The van der Waals surface area contributed by atoms with Crippen molar-refractivity contribution in [2.75, 3.05) is 22.8 Å². The molecule has 8 nitrogen and oxygen atoms in total. The molecule has 3 aromatic rings. The maximum Gasteiger partial charge on any atom is 0.338 e. The van der Waals surface area contributed by atoms with E-state index in [4.69, 9.17) is 10.00 Å². The van der Waals surface area contributed by atoms with Crippen LogP contribution in [-0.2, 0) is 26.0 Å². The fourth-order valence-corrected chi connectivity index (χ4v) is 5.64. The van der Waals surface area contributed by atoms with Gasteiger partial charge in [-0.15, -0.1) is 11.3 Å². The van der Waals surface area contributed by atoms with Crippen molar-refractivity contribution in [2.45, 2.75) is 11.3 Å². The average Bonchev–Trinajstić information content (AvgIpc) is 3.44. The van der Waals surface area contributed by atoms with E-state index in [1.165, 1.54) is 39.9 Å². The van der Waals surface area contributed by atoms with Crippen LogP contribution in [0.2, 0.25) is 0 Å². The molecule has 1 amide bonds. The van der Waals surface area contributed by atoms with Crippen LogP contribution in [0.3, 0.4) is 0 Å². The van der Waals surface area contributed by atoms with Gasteiger partial charge in [-0.2, -0.15) is 5.26 Å². The lowest BCUT2D eigenvalue weighted by molar-refractivity contribution is -0.119. The Balaban J connectivity index is 1.45. The molecule has 1 aliphatic heterocycles. The number of thiophene rings is 1. The topological polar surface area (TPSA) is 117 Å². The summed E-state index contributed by atoms with van der Waals surface area (Å²) in [6.45, 7) is -0.248. The van der Waals surface area contributed by atoms with Crippen LogP contribution in [0.25, 0.3) is 0 Å². The minimum Gasteiger partial charge on any atom is -0.452 e. The number of nitriles is 1. The maximum atomic E-state index is 13.2. The van der Waals surface area contributed by atoms with Crippen LogP contribution in [0.1, 0.15) is 21.5 Å². The van der Waals surface area contributed by atoms with Gasteiger partial charge in [-0.3, -0.25) is 9.10 Å². The van der Waals surface area contributed by atoms with Crippen LogP contribution in [0.4, 0.5) is 10.7 Å². The van der Waals surface area contributed by atoms with Crippen molar-refractivity contribution in [3.05, 3.63) is 76.7 Å². The molecule has 2 aromatic carbocycles. The van der Waals surface area contributed by atoms with Crippen molar-refractivity contribution in [1.29, 1.82) is 5.26 Å². The smallest absolute Gasteiger partial charge is 0.338 e. The normalized spacial score (nSPS) is 12.7. The molecule has 0 fully saturated rings. The number of anilines is 2. The van der Waals surface area contributed by atoms with E-state index in [2.05, 4.69) is 5.32 Å². The van der Waals surface area contributed by atoms with E-state index in [0.717, 1.165) is 5.56 Å². The summed E-state index contributed by atoms with van der Waals surface area (Å²) < 4.78 is 32.7. The van der Waals surface area contributed by atoms with Crippen LogP contribution in [0.5, 0.6) is 0 Å². The highest BCUT2D eigenvalue weighted by Gasteiger charge is 2.31. The summed E-state index contributed by atoms with van der Waals surface area (Å²) in [7, 11) is -3.86. The number of carbonyl (C=O) groups is 2. The zero-order chi connectivity index (χ0) is 22.7. The van der Waals surface area contributed by atoms with Gasteiger partial charge in [0.25, 0.3) is 15.9 Å². The summed E-state index contributed by atoms with van der Waals surface area (Å²) in [4.78, 5) is 24.4. The standard InChI is InChI=1S/C22H17N3O5S2/c23-13-17-9-11-31-21(17)24-20(26)14-30-22(27)16-5-3-6-18(12-16)32(28,29)25-10-8-15-4-1-2-7-19(15)25/h1-7,9,11-12H,8,10,14H2,(H,24,26).